The summed E-state index contributed by atoms with van der Waals surface area (Å²) in [7, 11) is 0. The lowest BCUT2D eigenvalue weighted by molar-refractivity contribution is -0.130. The van der Waals surface area contributed by atoms with Crippen molar-refractivity contribution >= 4 is 33.4 Å². The number of thiophene rings is 1. The third-order valence-corrected chi connectivity index (χ3v) is 7.85. The molecular formula is C23H31N3O4S. The predicted molar refractivity (Wildman–Crippen MR) is 121 cm³/mol. The second-order valence-corrected chi connectivity index (χ2v) is 9.96. The predicted octanol–water partition coefficient (Wildman–Crippen LogP) is 3.73. The number of hydrogen-bond acceptors (Lipinski definition) is 6. The highest BCUT2D eigenvalue weighted by atomic mass is 32.1. The minimum absolute atomic E-state index is 0.0771. The largest absolute Gasteiger partial charge is 0.448 e. The van der Waals surface area contributed by atoms with Crippen LogP contribution in [0.1, 0.15) is 79.9 Å². The molecule has 1 aliphatic heterocycles. The Hall–Kier alpha value is -2.22. The van der Waals surface area contributed by atoms with Crippen molar-refractivity contribution in [2.45, 2.75) is 90.8 Å². The number of rotatable bonds is 4. The monoisotopic (exact) mass is 445 g/mol. The molecule has 31 heavy (non-hydrogen) atoms. The third-order valence-electron chi connectivity index (χ3n) is 6.69. The number of carbonyl (C=O) groups is 2. The number of fused-ring (bicyclic) bond motifs is 2. The van der Waals surface area contributed by atoms with Gasteiger partial charge >= 0.3 is 5.97 Å². The van der Waals surface area contributed by atoms with Gasteiger partial charge in [-0.1, -0.05) is 26.2 Å². The van der Waals surface area contributed by atoms with Crippen molar-refractivity contribution in [1.82, 2.24) is 14.9 Å². The van der Waals surface area contributed by atoms with Crippen molar-refractivity contribution in [3.8, 4) is 0 Å². The number of aryl methyl sites for hydroxylation is 2. The molecule has 0 aromatic carbocycles. The molecule has 2 aromatic rings. The molecule has 2 aromatic heterocycles. The maximum atomic E-state index is 13.1. The van der Waals surface area contributed by atoms with Gasteiger partial charge in [-0.3, -0.25) is 14.2 Å². The fourth-order valence-corrected chi connectivity index (χ4v) is 5.78. The van der Waals surface area contributed by atoms with Gasteiger partial charge in [-0.05, 0) is 51.0 Å². The summed E-state index contributed by atoms with van der Waals surface area (Å²) in [5.41, 5.74) is 0.516. The Bertz CT molecular complexity index is 1060. The maximum absolute atomic E-state index is 13.1. The van der Waals surface area contributed by atoms with E-state index in [0.717, 1.165) is 50.8 Å². The van der Waals surface area contributed by atoms with E-state index >= 15 is 0 Å². The molecule has 1 N–H and O–H groups in total. The second-order valence-electron chi connectivity index (χ2n) is 8.96. The molecule has 3 heterocycles. The lowest BCUT2D eigenvalue weighted by Crippen LogP contribution is -2.45. The number of carbonyl (C=O) groups excluding carboxylic acids is 2. The van der Waals surface area contributed by atoms with Gasteiger partial charge in [-0.25, -0.2) is 9.78 Å². The molecular weight excluding hydrogens is 414 g/mol. The van der Waals surface area contributed by atoms with Crippen LogP contribution >= 0.6 is 11.3 Å². The molecule has 0 bridgehead atoms. The van der Waals surface area contributed by atoms with Crippen LogP contribution < -0.4 is 10.9 Å². The lowest BCUT2D eigenvalue weighted by Gasteiger charge is -2.30. The van der Waals surface area contributed by atoms with Crippen molar-refractivity contribution < 1.29 is 14.3 Å². The van der Waals surface area contributed by atoms with E-state index < -0.39 is 12.1 Å². The zero-order chi connectivity index (χ0) is 22.1. The minimum Gasteiger partial charge on any atom is -0.448 e. The Balaban J connectivity index is 1.52. The smallest absolute Gasteiger partial charge is 0.349 e. The SMILES string of the molecule is Cc1c(C(=O)OC(C)C(=O)NC2CCCCC2C)sc2nc3n(c(=O)c12)CCCCC3. The van der Waals surface area contributed by atoms with Crippen LogP contribution in [0.15, 0.2) is 4.79 Å². The topological polar surface area (TPSA) is 90.3 Å². The van der Waals surface area contributed by atoms with Crippen molar-refractivity contribution in [1.29, 1.82) is 0 Å². The summed E-state index contributed by atoms with van der Waals surface area (Å²) >= 11 is 1.18. The van der Waals surface area contributed by atoms with Crippen LogP contribution in [0.4, 0.5) is 0 Å². The van der Waals surface area contributed by atoms with E-state index in [1.54, 1.807) is 18.4 Å². The number of amides is 1. The first-order valence-corrected chi connectivity index (χ1v) is 12.2. The zero-order valence-electron chi connectivity index (χ0n) is 18.5. The molecule has 168 valence electrons. The molecule has 4 rings (SSSR count). The van der Waals surface area contributed by atoms with Crippen molar-refractivity contribution in [3.63, 3.8) is 0 Å². The van der Waals surface area contributed by atoms with Gasteiger partial charge in [0.05, 0.1) is 5.39 Å². The molecule has 8 heteroatoms. The summed E-state index contributed by atoms with van der Waals surface area (Å²) < 4.78 is 7.25. The summed E-state index contributed by atoms with van der Waals surface area (Å²) in [4.78, 5) is 44.2. The standard InChI is InChI=1S/C23H31N3O4S/c1-13-9-6-7-10-16(13)24-20(27)15(3)30-23(29)19-14(2)18-21(31-19)25-17-11-5-4-8-12-26(17)22(18)28/h13,15-16H,4-12H2,1-3H3,(H,24,27). The van der Waals surface area contributed by atoms with Gasteiger partial charge in [-0.15, -0.1) is 11.3 Å². The average Bonchev–Trinajstić information content (AvgIpc) is 2.91. The van der Waals surface area contributed by atoms with Crippen LogP contribution in [0.25, 0.3) is 10.2 Å². The maximum Gasteiger partial charge on any atom is 0.349 e. The van der Waals surface area contributed by atoms with Gasteiger partial charge in [0.25, 0.3) is 11.5 Å². The quantitative estimate of drug-likeness (QED) is 0.724. The van der Waals surface area contributed by atoms with Gasteiger partial charge < -0.3 is 10.1 Å². The molecule has 0 spiro atoms. The summed E-state index contributed by atoms with van der Waals surface area (Å²) in [6.07, 6.45) is 7.32. The highest BCUT2D eigenvalue weighted by Crippen LogP contribution is 2.29. The van der Waals surface area contributed by atoms with E-state index in [1.165, 1.54) is 17.8 Å². The average molecular weight is 446 g/mol. The fraction of sp³-hybridized carbons (Fsp3) is 0.652. The Morgan fingerprint density at radius 3 is 2.74 bits per heavy atom. The van der Waals surface area contributed by atoms with E-state index in [4.69, 9.17) is 9.72 Å². The minimum atomic E-state index is -0.892. The van der Waals surface area contributed by atoms with Crippen LogP contribution in [-0.2, 0) is 22.5 Å². The van der Waals surface area contributed by atoms with Gasteiger partial charge in [0.2, 0.25) is 0 Å². The summed E-state index contributed by atoms with van der Waals surface area (Å²) in [6.45, 7) is 6.17. The van der Waals surface area contributed by atoms with E-state index in [2.05, 4.69) is 12.2 Å². The van der Waals surface area contributed by atoms with E-state index in [-0.39, 0.29) is 17.5 Å². The van der Waals surface area contributed by atoms with Gasteiger partial charge in [0.15, 0.2) is 6.10 Å². The van der Waals surface area contributed by atoms with Gasteiger partial charge in [0.1, 0.15) is 15.5 Å². The molecule has 0 saturated heterocycles. The van der Waals surface area contributed by atoms with Crippen LogP contribution in [-0.4, -0.2) is 33.6 Å². The van der Waals surface area contributed by atoms with Crippen LogP contribution in [0, 0.1) is 12.8 Å². The van der Waals surface area contributed by atoms with Crippen LogP contribution in [0.5, 0.6) is 0 Å². The normalized spacial score (nSPS) is 22.4. The number of ether oxygens (including phenoxy) is 1. The molecule has 2 aliphatic rings. The van der Waals surface area contributed by atoms with Gasteiger partial charge in [0, 0.05) is 19.0 Å². The number of esters is 1. The number of nitrogens with zero attached hydrogens (tertiary/aromatic N) is 2. The van der Waals surface area contributed by atoms with Crippen LogP contribution in [0.3, 0.4) is 0 Å². The number of aromatic nitrogens is 2. The third kappa shape index (κ3) is 4.40. The van der Waals surface area contributed by atoms with E-state index in [9.17, 15) is 14.4 Å². The number of hydrogen-bond donors (Lipinski definition) is 1. The van der Waals surface area contributed by atoms with Crippen molar-refractivity contribution in [2.75, 3.05) is 0 Å². The molecule has 0 radical (unpaired) electrons. The molecule has 1 aliphatic carbocycles. The summed E-state index contributed by atoms with van der Waals surface area (Å²) in [5.74, 6) is 0.389. The molecule has 1 saturated carbocycles. The lowest BCUT2D eigenvalue weighted by atomic mass is 9.86. The zero-order valence-corrected chi connectivity index (χ0v) is 19.3. The first-order valence-electron chi connectivity index (χ1n) is 11.4. The van der Waals surface area contributed by atoms with Crippen LogP contribution in [0.2, 0.25) is 0 Å². The highest BCUT2D eigenvalue weighted by Gasteiger charge is 2.28. The van der Waals surface area contributed by atoms with Crippen molar-refractivity contribution in [3.05, 3.63) is 26.6 Å². The first kappa shape index (κ1) is 22.0. The van der Waals surface area contributed by atoms with Gasteiger partial charge in [-0.2, -0.15) is 0 Å². The molecule has 7 nitrogen and oxygen atoms in total. The van der Waals surface area contributed by atoms with E-state index in [0.29, 0.717) is 33.1 Å². The Morgan fingerprint density at radius 1 is 1.19 bits per heavy atom. The Labute approximate surface area is 186 Å². The molecule has 1 amide bonds. The fourth-order valence-electron chi connectivity index (χ4n) is 4.70. The summed E-state index contributed by atoms with van der Waals surface area (Å²) in [6, 6.07) is 0.133. The Morgan fingerprint density at radius 2 is 1.97 bits per heavy atom. The Kier molecular flexibility index (Phi) is 6.46. The summed E-state index contributed by atoms with van der Waals surface area (Å²) in [5, 5.41) is 3.54. The highest BCUT2D eigenvalue weighted by molar-refractivity contribution is 7.20. The van der Waals surface area contributed by atoms with Crippen molar-refractivity contribution in [2.24, 2.45) is 5.92 Å². The second kappa shape index (κ2) is 9.10. The molecule has 3 unspecified atom stereocenters. The first-order chi connectivity index (χ1) is 14.9. The van der Waals surface area contributed by atoms with E-state index in [1.807, 2.05) is 0 Å². The number of nitrogens with one attached hydrogen (secondary N) is 1. The molecule has 3 atom stereocenters. The molecule has 1 fully saturated rings.